The Morgan fingerprint density at radius 3 is 2.60 bits per heavy atom. The number of amides is 1. The predicted molar refractivity (Wildman–Crippen MR) is 121 cm³/mol. The molecular formula is C23H23F3N6O3. The number of pyridine rings is 1. The average molecular weight is 488 g/mol. The molecule has 0 aliphatic rings. The van der Waals surface area contributed by atoms with Crippen LogP contribution in [0.2, 0.25) is 0 Å². The summed E-state index contributed by atoms with van der Waals surface area (Å²) in [6.07, 6.45) is -6.43. The van der Waals surface area contributed by atoms with Crippen molar-refractivity contribution in [3.63, 3.8) is 0 Å². The van der Waals surface area contributed by atoms with Gasteiger partial charge in [0.2, 0.25) is 0 Å². The van der Waals surface area contributed by atoms with Crippen molar-refractivity contribution in [2.24, 2.45) is 5.73 Å². The number of hydrogen-bond donors (Lipinski definition) is 3. The maximum absolute atomic E-state index is 13.9. The van der Waals surface area contributed by atoms with E-state index in [1.165, 1.54) is 13.0 Å². The summed E-state index contributed by atoms with van der Waals surface area (Å²) < 4.78 is 48.0. The first-order valence-corrected chi connectivity index (χ1v) is 10.7. The average Bonchev–Trinajstić information content (AvgIpc) is 3.38. The van der Waals surface area contributed by atoms with Crippen LogP contribution in [-0.2, 0) is 12.7 Å². The first kappa shape index (κ1) is 24.2. The number of fused-ring (bicyclic) bond motifs is 1. The highest BCUT2D eigenvalue weighted by Gasteiger charge is 2.39. The summed E-state index contributed by atoms with van der Waals surface area (Å²) in [6.45, 7) is 5.18. The van der Waals surface area contributed by atoms with Gasteiger partial charge in [-0.15, -0.1) is 0 Å². The molecule has 4 aromatic rings. The number of carbonyl (C=O) groups is 1. The third-order valence-corrected chi connectivity index (χ3v) is 5.53. The molecular weight excluding hydrogens is 465 g/mol. The first-order valence-electron chi connectivity index (χ1n) is 10.7. The number of anilines is 1. The van der Waals surface area contributed by atoms with Crippen LogP contribution in [0, 0.1) is 6.92 Å². The SMILES string of the molecule is Cc1c(NC(O)c2cc(C(N)=O)nc3ccccc23)c(C(F)(F)F)nn1Cc1cc(C(C)C)no1. The molecule has 0 saturated heterocycles. The fraction of sp³-hybridized carbons (Fsp3) is 0.304. The van der Waals surface area contributed by atoms with Crippen LogP contribution >= 0.6 is 0 Å². The fourth-order valence-corrected chi connectivity index (χ4v) is 3.66. The molecule has 3 aromatic heterocycles. The molecule has 0 fully saturated rings. The van der Waals surface area contributed by atoms with E-state index in [4.69, 9.17) is 10.3 Å². The van der Waals surface area contributed by atoms with Gasteiger partial charge in [-0.1, -0.05) is 37.2 Å². The Bertz CT molecular complexity index is 1390. The minimum atomic E-state index is -4.80. The van der Waals surface area contributed by atoms with Gasteiger partial charge < -0.3 is 20.7 Å². The number of aromatic nitrogens is 4. The number of hydrogen-bond acceptors (Lipinski definition) is 7. The van der Waals surface area contributed by atoms with Crippen molar-refractivity contribution >= 4 is 22.5 Å². The van der Waals surface area contributed by atoms with Gasteiger partial charge in [0.05, 0.1) is 22.6 Å². The standard InChI is InChI=1S/C23H23F3N6O3/c1-11(2)17-8-13(35-31-17)10-32-12(3)19(20(30-32)23(24,25)26)29-22(34)15-9-18(21(27)33)28-16-7-5-4-6-14(15)16/h4-9,11,22,29,34H,10H2,1-3H3,(H2,27,33). The van der Waals surface area contributed by atoms with E-state index in [1.54, 1.807) is 30.3 Å². The minimum Gasteiger partial charge on any atom is -0.369 e. The number of para-hydroxylation sites is 1. The van der Waals surface area contributed by atoms with E-state index in [9.17, 15) is 23.1 Å². The van der Waals surface area contributed by atoms with Crippen molar-refractivity contribution < 1.29 is 27.6 Å². The van der Waals surface area contributed by atoms with Crippen molar-refractivity contribution in [2.45, 2.75) is 45.6 Å². The van der Waals surface area contributed by atoms with Crippen LogP contribution in [-0.4, -0.2) is 30.9 Å². The van der Waals surface area contributed by atoms with Crippen LogP contribution in [0.3, 0.4) is 0 Å². The van der Waals surface area contributed by atoms with Crippen molar-refractivity contribution in [1.29, 1.82) is 0 Å². The van der Waals surface area contributed by atoms with Crippen molar-refractivity contribution in [3.8, 4) is 0 Å². The minimum absolute atomic E-state index is 0.0869. The van der Waals surface area contributed by atoms with E-state index < -0.39 is 29.7 Å². The Balaban J connectivity index is 1.74. The number of halogens is 3. The van der Waals surface area contributed by atoms with Crippen LogP contribution in [0.1, 0.15) is 64.9 Å². The van der Waals surface area contributed by atoms with Crippen LogP contribution in [0.5, 0.6) is 0 Å². The van der Waals surface area contributed by atoms with E-state index in [-0.39, 0.29) is 29.4 Å². The third-order valence-electron chi connectivity index (χ3n) is 5.53. The van der Waals surface area contributed by atoms with Gasteiger partial charge in [0.1, 0.15) is 12.2 Å². The molecule has 1 atom stereocenters. The van der Waals surface area contributed by atoms with Gasteiger partial charge in [0, 0.05) is 17.0 Å². The molecule has 4 N–H and O–H groups in total. The lowest BCUT2D eigenvalue weighted by molar-refractivity contribution is -0.140. The predicted octanol–water partition coefficient (Wildman–Crippen LogP) is 4.12. The highest BCUT2D eigenvalue weighted by molar-refractivity contribution is 5.95. The molecule has 0 bridgehead atoms. The number of aliphatic hydroxyl groups is 1. The topological polar surface area (TPSA) is 132 Å². The summed E-state index contributed by atoms with van der Waals surface area (Å²) in [6, 6.07) is 9.49. The second-order valence-electron chi connectivity index (χ2n) is 8.36. The number of alkyl halides is 3. The van der Waals surface area contributed by atoms with E-state index in [2.05, 4.69) is 20.6 Å². The molecule has 1 unspecified atom stereocenters. The smallest absolute Gasteiger partial charge is 0.369 e. The van der Waals surface area contributed by atoms with Crippen LogP contribution in [0.4, 0.5) is 18.9 Å². The van der Waals surface area contributed by atoms with Crippen molar-refractivity contribution in [3.05, 3.63) is 70.5 Å². The third kappa shape index (κ3) is 4.83. The highest BCUT2D eigenvalue weighted by Crippen LogP contribution is 2.38. The fourth-order valence-electron chi connectivity index (χ4n) is 3.66. The molecule has 184 valence electrons. The van der Waals surface area contributed by atoms with Crippen molar-refractivity contribution in [1.82, 2.24) is 19.9 Å². The molecule has 0 spiro atoms. The Hall–Kier alpha value is -3.93. The number of carbonyl (C=O) groups excluding carboxylic acids is 1. The summed E-state index contributed by atoms with van der Waals surface area (Å²) in [4.78, 5) is 15.9. The number of nitrogens with one attached hydrogen (secondary N) is 1. The van der Waals surface area contributed by atoms with Gasteiger partial charge in [-0.2, -0.15) is 18.3 Å². The molecule has 0 aliphatic carbocycles. The molecule has 35 heavy (non-hydrogen) atoms. The quantitative estimate of drug-likeness (QED) is 0.333. The lowest BCUT2D eigenvalue weighted by Gasteiger charge is -2.18. The lowest BCUT2D eigenvalue weighted by atomic mass is 10.1. The molecule has 0 saturated carbocycles. The maximum Gasteiger partial charge on any atom is 0.437 e. The molecule has 9 nitrogen and oxygen atoms in total. The van der Waals surface area contributed by atoms with E-state index in [0.29, 0.717) is 22.4 Å². The Labute approximate surface area is 197 Å². The van der Waals surface area contributed by atoms with Crippen LogP contribution in [0.25, 0.3) is 10.9 Å². The summed E-state index contributed by atoms with van der Waals surface area (Å²) in [7, 11) is 0. The summed E-state index contributed by atoms with van der Waals surface area (Å²) in [5, 5.41) is 21.5. The Morgan fingerprint density at radius 2 is 1.97 bits per heavy atom. The zero-order valence-corrected chi connectivity index (χ0v) is 19.1. The van der Waals surface area contributed by atoms with Crippen LogP contribution < -0.4 is 11.1 Å². The number of benzene rings is 1. The highest BCUT2D eigenvalue weighted by atomic mass is 19.4. The molecule has 12 heteroatoms. The molecule has 0 radical (unpaired) electrons. The normalized spacial score (nSPS) is 12.9. The van der Waals surface area contributed by atoms with Gasteiger partial charge in [0.15, 0.2) is 17.7 Å². The number of nitrogens with two attached hydrogens (primary N) is 1. The number of aliphatic hydroxyl groups excluding tert-OH is 1. The van der Waals surface area contributed by atoms with Gasteiger partial charge in [0.25, 0.3) is 5.91 Å². The molecule has 3 heterocycles. The van der Waals surface area contributed by atoms with Gasteiger partial charge in [-0.3, -0.25) is 9.48 Å². The van der Waals surface area contributed by atoms with Gasteiger partial charge in [-0.05, 0) is 25.0 Å². The Kier molecular flexibility index (Phi) is 6.24. The van der Waals surface area contributed by atoms with E-state index in [1.807, 2.05) is 13.8 Å². The summed E-state index contributed by atoms with van der Waals surface area (Å²) in [5.74, 6) is -0.409. The zero-order valence-electron chi connectivity index (χ0n) is 19.1. The largest absolute Gasteiger partial charge is 0.437 e. The molecule has 4 rings (SSSR count). The van der Waals surface area contributed by atoms with E-state index >= 15 is 0 Å². The first-order chi connectivity index (χ1) is 16.5. The number of primary amides is 1. The zero-order chi connectivity index (χ0) is 25.5. The number of rotatable bonds is 7. The monoisotopic (exact) mass is 488 g/mol. The maximum atomic E-state index is 13.9. The Morgan fingerprint density at radius 1 is 1.26 bits per heavy atom. The van der Waals surface area contributed by atoms with Gasteiger partial charge in [-0.25, -0.2) is 4.98 Å². The van der Waals surface area contributed by atoms with Gasteiger partial charge >= 0.3 is 6.18 Å². The summed E-state index contributed by atoms with van der Waals surface area (Å²) >= 11 is 0. The van der Waals surface area contributed by atoms with Crippen LogP contribution in [0.15, 0.2) is 40.9 Å². The second-order valence-corrected chi connectivity index (χ2v) is 8.36. The number of nitrogens with zero attached hydrogens (tertiary/aromatic N) is 4. The summed E-state index contributed by atoms with van der Waals surface area (Å²) in [5.41, 5.74) is 4.89. The van der Waals surface area contributed by atoms with E-state index in [0.717, 1.165) is 4.68 Å². The molecule has 0 aliphatic heterocycles. The lowest BCUT2D eigenvalue weighted by Crippen LogP contribution is -2.18. The van der Waals surface area contributed by atoms with Crippen molar-refractivity contribution in [2.75, 3.05) is 5.32 Å². The second kappa shape index (κ2) is 9.02. The molecule has 1 amide bonds. The molecule has 1 aromatic carbocycles.